The SMILES string of the molecule is CC1=NN(C(=O)c2cccnc2)C(O)(C(F)(F)C(F)(F)F)C1. The lowest BCUT2D eigenvalue weighted by atomic mass is 9.98. The minimum atomic E-state index is -6.05. The second-order valence-electron chi connectivity index (χ2n) is 4.76. The quantitative estimate of drug-likeness (QED) is 0.849. The van der Waals surface area contributed by atoms with Gasteiger partial charge in [-0.15, -0.1) is 0 Å². The maximum absolute atomic E-state index is 13.7. The molecule has 0 aromatic carbocycles. The van der Waals surface area contributed by atoms with Crippen LogP contribution < -0.4 is 0 Å². The smallest absolute Gasteiger partial charge is 0.364 e. The first kappa shape index (κ1) is 16.3. The Morgan fingerprint density at radius 1 is 1.36 bits per heavy atom. The molecule has 2 rings (SSSR count). The summed E-state index contributed by atoms with van der Waals surface area (Å²) in [6, 6.07) is 2.45. The zero-order valence-electron chi connectivity index (χ0n) is 11.1. The van der Waals surface area contributed by atoms with E-state index in [9.17, 15) is 31.9 Å². The number of nitrogens with zero attached hydrogens (tertiary/aromatic N) is 3. The van der Waals surface area contributed by atoms with E-state index in [0.29, 0.717) is 0 Å². The predicted molar refractivity (Wildman–Crippen MR) is 64.1 cm³/mol. The van der Waals surface area contributed by atoms with Gasteiger partial charge in [0, 0.05) is 24.5 Å². The second kappa shape index (κ2) is 4.97. The van der Waals surface area contributed by atoms with E-state index in [1.165, 1.54) is 12.3 Å². The molecule has 1 aliphatic rings. The van der Waals surface area contributed by atoms with Gasteiger partial charge in [-0.05, 0) is 19.1 Å². The van der Waals surface area contributed by atoms with Gasteiger partial charge in [0.1, 0.15) is 0 Å². The van der Waals surface area contributed by atoms with Gasteiger partial charge >= 0.3 is 12.1 Å². The molecule has 10 heteroatoms. The Kier molecular flexibility index (Phi) is 3.68. The first-order valence-electron chi connectivity index (χ1n) is 5.96. The van der Waals surface area contributed by atoms with Gasteiger partial charge < -0.3 is 5.11 Å². The Balaban J connectivity index is 2.47. The Morgan fingerprint density at radius 3 is 2.50 bits per heavy atom. The molecule has 0 saturated heterocycles. The molecule has 1 aromatic rings. The van der Waals surface area contributed by atoms with Crippen LogP contribution in [-0.4, -0.2) is 44.5 Å². The van der Waals surface area contributed by atoms with E-state index in [1.54, 1.807) is 0 Å². The summed E-state index contributed by atoms with van der Waals surface area (Å²) in [6.07, 6.45) is -4.91. The van der Waals surface area contributed by atoms with E-state index >= 15 is 0 Å². The molecule has 0 fully saturated rings. The number of carbonyl (C=O) groups is 1. The molecule has 22 heavy (non-hydrogen) atoms. The molecule has 1 atom stereocenters. The van der Waals surface area contributed by atoms with Crippen molar-refractivity contribution < 1.29 is 31.9 Å². The van der Waals surface area contributed by atoms with Gasteiger partial charge in [0.15, 0.2) is 0 Å². The lowest BCUT2D eigenvalue weighted by Gasteiger charge is -2.38. The Labute approximate surface area is 121 Å². The fourth-order valence-corrected chi connectivity index (χ4v) is 2.02. The third-order valence-electron chi connectivity index (χ3n) is 3.08. The number of halogens is 5. The number of amides is 1. The zero-order chi connectivity index (χ0) is 16.8. The predicted octanol–water partition coefficient (Wildman–Crippen LogP) is 2.19. The van der Waals surface area contributed by atoms with E-state index in [0.717, 1.165) is 19.2 Å². The Morgan fingerprint density at radius 2 is 2.00 bits per heavy atom. The number of hydrogen-bond donors (Lipinski definition) is 1. The van der Waals surface area contributed by atoms with Gasteiger partial charge in [-0.25, -0.2) is 0 Å². The molecule has 0 radical (unpaired) electrons. The summed E-state index contributed by atoms with van der Waals surface area (Å²) in [5, 5.41) is 13.0. The lowest BCUT2D eigenvalue weighted by Crippen LogP contribution is -2.64. The number of hydrazone groups is 1. The van der Waals surface area contributed by atoms with Crippen LogP contribution in [0.15, 0.2) is 29.6 Å². The molecule has 1 amide bonds. The van der Waals surface area contributed by atoms with Crippen molar-refractivity contribution in [1.29, 1.82) is 0 Å². The number of pyridine rings is 1. The average Bonchev–Trinajstić information content (AvgIpc) is 2.74. The van der Waals surface area contributed by atoms with E-state index < -0.39 is 30.2 Å². The molecule has 1 aliphatic heterocycles. The summed E-state index contributed by atoms with van der Waals surface area (Å²) in [5.74, 6) is -6.87. The van der Waals surface area contributed by atoms with E-state index in [2.05, 4.69) is 10.1 Å². The van der Waals surface area contributed by atoms with Crippen LogP contribution in [0.2, 0.25) is 0 Å². The molecule has 5 nitrogen and oxygen atoms in total. The molecule has 120 valence electrons. The number of rotatable bonds is 2. The standard InChI is InChI=1S/C12H10F5N3O2/c1-7-5-10(22,11(13,14)12(15,16)17)20(19-7)9(21)8-3-2-4-18-6-8/h2-4,6,22H,5H2,1H3. The van der Waals surface area contributed by atoms with Crippen molar-refractivity contribution in [3.05, 3.63) is 30.1 Å². The van der Waals surface area contributed by atoms with Gasteiger partial charge in [-0.1, -0.05) is 0 Å². The number of hydrogen-bond acceptors (Lipinski definition) is 4. The third-order valence-corrected chi connectivity index (χ3v) is 3.08. The van der Waals surface area contributed by atoms with Crippen LogP contribution in [0.4, 0.5) is 22.0 Å². The maximum atomic E-state index is 13.7. The van der Waals surface area contributed by atoms with Crippen LogP contribution in [0.25, 0.3) is 0 Å². The molecule has 1 unspecified atom stereocenters. The van der Waals surface area contributed by atoms with Crippen molar-refractivity contribution in [2.45, 2.75) is 31.2 Å². The minimum absolute atomic E-state index is 0.229. The highest BCUT2D eigenvalue weighted by Gasteiger charge is 2.74. The summed E-state index contributed by atoms with van der Waals surface area (Å²) in [5.41, 5.74) is -4.33. The first-order chi connectivity index (χ1) is 10.0. The van der Waals surface area contributed by atoms with Gasteiger partial charge in [0.05, 0.1) is 5.56 Å². The van der Waals surface area contributed by atoms with Crippen molar-refractivity contribution >= 4 is 11.6 Å². The zero-order valence-corrected chi connectivity index (χ0v) is 11.1. The van der Waals surface area contributed by atoms with E-state index in [1.807, 2.05) is 0 Å². The number of aliphatic hydroxyl groups is 1. The fraction of sp³-hybridized carbons (Fsp3) is 0.417. The monoisotopic (exact) mass is 323 g/mol. The molecule has 0 spiro atoms. The molecule has 1 aromatic heterocycles. The van der Waals surface area contributed by atoms with Crippen molar-refractivity contribution in [3.8, 4) is 0 Å². The van der Waals surface area contributed by atoms with Gasteiger partial charge in [0.2, 0.25) is 5.72 Å². The summed E-state index contributed by atoms with van der Waals surface area (Å²) >= 11 is 0. The Bertz CT molecular complexity index is 617. The molecule has 1 N–H and O–H groups in total. The molecular formula is C12H10F5N3O2. The normalized spacial score (nSPS) is 22.7. The maximum Gasteiger partial charge on any atom is 0.458 e. The third kappa shape index (κ3) is 2.32. The van der Waals surface area contributed by atoms with E-state index in [-0.39, 0.29) is 16.3 Å². The highest BCUT2D eigenvalue weighted by molar-refractivity contribution is 5.97. The van der Waals surface area contributed by atoms with Gasteiger partial charge in [0.25, 0.3) is 5.91 Å². The number of alkyl halides is 5. The van der Waals surface area contributed by atoms with Crippen LogP contribution in [0, 0.1) is 0 Å². The van der Waals surface area contributed by atoms with Gasteiger partial charge in [-0.2, -0.15) is 32.1 Å². The fourth-order valence-electron chi connectivity index (χ4n) is 2.02. The topological polar surface area (TPSA) is 65.8 Å². The van der Waals surface area contributed by atoms with Crippen LogP contribution in [0.5, 0.6) is 0 Å². The molecule has 0 aliphatic carbocycles. The van der Waals surface area contributed by atoms with Crippen LogP contribution >= 0.6 is 0 Å². The molecule has 0 bridgehead atoms. The Hall–Kier alpha value is -2.10. The van der Waals surface area contributed by atoms with E-state index in [4.69, 9.17) is 0 Å². The lowest BCUT2D eigenvalue weighted by molar-refractivity contribution is -0.362. The highest BCUT2D eigenvalue weighted by Crippen LogP contribution is 2.49. The van der Waals surface area contributed by atoms with Crippen molar-refractivity contribution in [1.82, 2.24) is 9.99 Å². The largest absolute Gasteiger partial charge is 0.458 e. The second-order valence-corrected chi connectivity index (χ2v) is 4.76. The summed E-state index contributed by atoms with van der Waals surface area (Å²) in [7, 11) is 0. The average molecular weight is 323 g/mol. The first-order valence-corrected chi connectivity index (χ1v) is 5.96. The van der Waals surface area contributed by atoms with Crippen LogP contribution in [0.1, 0.15) is 23.7 Å². The highest BCUT2D eigenvalue weighted by atomic mass is 19.4. The van der Waals surface area contributed by atoms with Crippen molar-refractivity contribution in [2.24, 2.45) is 5.10 Å². The minimum Gasteiger partial charge on any atom is -0.364 e. The number of carbonyl (C=O) groups excluding carboxylic acids is 1. The van der Waals surface area contributed by atoms with Crippen molar-refractivity contribution in [2.75, 3.05) is 0 Å². The summed E-state index contributed by atoms with van der Waals surface area (Å²) in [6.45, 7) is 1.13. The summed E-state index contributed by atoms with van der Waals surface area (Å²) in [4.78, 5) is 15.7. The molecule has 2 heterocycles. The van der Waals surface area contributed by atoms with Crippen LogP contribution in [0.3, 0.4) is 0 Å². The summed E-state index contributed by atoms with van der Waals surface area (Å²) < 4.78 is 65.1. The molecule has 0 saturated carbocycles. The van der Waals surface area contributed by atoms with Gasteiger partial charge in [-0.3, -0.25) is 9.78 Å². The molecular weight excluding hydrogens is 313 g/mol. The number of aromatic nitrogens is 1. The van der Waals surface area contributed by atoms with Crippen molar-refractivity contribution in [3.63, 3.8) is 0 Å². The van der Waals surface area contributed by atoms with Crippen LogP contribution in [-0.2, 0) is 0 Å².